The molecule has 0 spiro atoms. The molecule has 29 heavy (non-hydrogen) atoms. The average Bonchev–Trinajstić information content (AvgIpc) is 2.66. The number of benzene rings is 3. The van der Waals surface area contributed by atoms with Crippen LogP contribution in [0.3, 0.4) is 0 Å². The highest BCUT2D eigenvalue weighted by Crippen LogP contribution is 2.26. The molecule has 0 amide bonds. The van der Waals surface area contributed by atoms with Gasteiger partial charge < -0.3 is 10.6 Å². The third-order valence-electron chi connectivity index (χ3n) is 3.91. The van der Waals surface area contributed by atoms with Crippen LogP contribution in [0.15, 0.2) is 76.1 Å². The number of nitrogens with one attached hydrogen (secondary N) is 3. The van der Waals surface area contributed by atoms with Crippen LogP contribution in [0.2, 0.25) is 5.02 Å². The highest BCUT2D eigenvalue weighted by Gasteiger charge is 2.13. The lowest BCUT2D eigenvalue weighted by atomic mass is 10.2. The number of sulfonamides is 1. The van der Waals surface area contributed by atoms with Crippen LogP contribution in [0.4, 0.5) is 17.1 Å². The van der Waals surface area contributed by atoms with E-state index < -0.39 is 10.0 Å². The van der Waals surface area contributed by atoms with Crippen molar-refractivity contribution in [2.75, 3.05) is 15.4 Å². The maximum Gasteiger partial charge on any atom is 0.261 e. The fraction of sp³-hybridized carbons (Fsp3) is 0.0500. The molecule has 9 heteroatoms. The summed E-state index contributed by atoms with van der Waals surface area (Å²) in [6.45, 7) is 1.90. The summed E-state index contributed by atoms with van der Waals surface area (Å²) in [7, 11) is -3.64. The molecular formula is C20H17BrClN3O2S2. The monoisotopic (exact) mass is 509 g/mol. The van der Waals surface area contributed by atoms with E-state index in [4.69, 9.17) is 23.8 Å². The molecule has 0 aliphatic carbocycles. The number of thiocarbonyl (C=S) groups is 1. The summed E-state index contributed by atoms with van der Waals surface area (Å²) in [6.07, 6.45) is 0. The molecule has 5 nitrogen and oxygen atoms in total. The van der Waals surface area contributed by atoms with E-state index in [1.165, 1.54) is 0 Å². The topological polar surface area (TPSA) is 70.2 Å². The molecule has 150 valence electrons. The molecule has 3 aromatic rings. The van der Waals surface area contributed by atoms with Crippen molar-refractivity contribution in [2.45, 2.75) is 11.8 Å². The van der Waals surface area contributed by atoms with Crippen molar-refractivity contribution in [3.05, 3.63) is 81.8 Å². The highest BCUT2D eigenvalue weighted by atomic mass is 79.9. The van der Waals surface area contributed by atoms with Crippen molar-refractivity contribution in [3.8, 4) is 0 Å². The summed E-state index contributed by atoms with van der Waals surface area (Å²) in [4.78, 5) is 0.210. The van der Waals surface area contributed by atoms with E-state index >= 15 is 0 Å². The van der Waals surface area contributed by atoms with Gasteiger partial charge in [-0.1, -0.05) is 45.2 Å². The Bertz CT molecular complexity index is 1140. The summed E-state index contributed by atoms with van der Waals surface area (Å²) >= 11 is 14.8. The van der Waals surface area contributed by atoms with Gasteiger partial charge in [-0.15, -0.1) is 0 Å². The first-order valence-corrected chi connectivity index (χ1v) is 11.5. The standard InChI is InChI=1S/C20H17BrClN3O2S2/c1-13-2-9-17(10-3-13)29(26,27)25-16-7-5-15(6-8-16)23-20(28)24-19-11-4-14(21)12-18(19)22/h2-12,25H,1H3,(H2,23,24,28). The van der Waals surface area contributed by atoms with Gasteiger partial charge in [0, 0.05) is 15.8 Å². The van der Waals surface area contributed by atoms with Crippen molar-refractivity contribution in [2.24, 2.45) is 0 Å². The Balaban J connectivity index is 1.63. The summed E-state index contributed by atoms with van der Waals surface area (Å²) in [5, 5.41) is 6.95. The molecular weight excluding hydrogens is 494 g/mol. The van der Waals surface area contributed by atoms with Gasteiger partial charge in [0.1, 0.15) is 0 Å². The Hall–Kier alpha value is -2.13. The fourth-order valence-electron chi connectivity index (χ4n) is 2.43. The van der Waals surface area contributed by atoms with Gasteiger partial charge in [0.05, 0.1) is 15.6 Å². The zero-order chi connectivity index (χ0) is 21.0. The maximum atomic E-state index is 12.5. The van der Waals surface area contributed by atoms with Crippen molar-refractivity contribution in [1.82, 2.24) is 0 Å². The zero-order valence-electron chi connectivity index (χ0n) is 15.2. The Morgan fingerprint density at radius 1 is 0.931 bits per heavy atom. The number of hydrogen-bond donors (Lipinski definition) is 3. The predicted molar refractivity (Wildman–Crippen MR) is 127 cm³/mol. The first-order valence-electron chi connectivity index (χ1n) is 8.45. The van der Waals surface area contributed by atoms with Gasteiger partial charge in [0.2, 0.25) is 0 Å². The highest BCUT2D eigenvalue weighted by molar-refractivity contribution is 9.10. The van der Waals surface area contributed by atoms with E-state index in [2.05, 4.69) is 31.3 Å². The lowest BCUT2D eigenvalue weighted by molar-refractivity contribution is 0.601. The maximum absolute atomic E-state index is 12.5. The van der Waals surface area contributed by atoms with E-state index in [0.29, 0.717) is 27.2 Å². The Morgan fingerprint density at radius 2 is 1.55 bits per heavy atom. The van der Waals surface area contributed by atoms with Gasteiger partial charge in [-0.3, -0.25) is 4.72 Å². The van der Waals surface area contributed by atoms with E-state index in [1.54, 1.807) is 54.6 Å². The van der Waals surface area contributed by atoms with E-state index in [-0.39, 0.29) is 4.90 Å². The van der Waals surface area contributed by atoms with Crippen LogP contribution in [-0.4, -0.2) is 13.5 Å². The van der Waals surface area contributed by atoms with Crippen molar-refractivity contribution in [1.29, 1.82) is 0 Å². The second kappa shape index (κ2) is 9.13. The Morgan fingerprint density at radius 3 is 2.17 bits per heavy atom. The minimum atomic E-state index is -3.64. The molecule has 3 aromatic carbocycles. The van der Waals surface area contributed by atoms with Crippen LogP contribution >= 0.6 is 39.7 Å². The normalized spacial score (nSPS) is 11.0. The van der Waals surface area contributed by atoms with E-state index in [9.17, 15) is 8.42 Å². The van der Waals surface area contributed by atoms with Crippen molar-refractivity contribution in [3.63, 3.8) is 0 Å². The molecule has 0 radical (unpaired) electrons. The van der Waals surface area contributed by atoms with Crippen molar-refractivity contribution >= 4 is 71.9 Å². The summed E-state index contributed by atoms with van der Waals surface area (Å²) in [5.41, 5.74) is 2.82. The molecule has 0 bridgehead atoms. The van der Waals surface area contributed by atoms with Gasteiger partial charge >= 0.3 is 0 Å². The number of aryl methyl sites for hydroxylation is 1. The molecule has 0 saturated carbocycles. The lowest BCUT2D eigenvalue weighted by Gasteiger charge is -2.13. The molecule has 0 atom stereocenters. The molecule has 0 aromatic heterocycles. The molecule has 0 heterocycles. The molecule has 3 rings (SSSR count). The minimum Gasteiger partial charge on any atom is -0.332 e. The van der Waals surface area contributed by atoms with Crippen LogP contribution in [0, 0.1) is 6.92 Å². The zero-order valence-corrected chi connectivity index (χ0v) is 19.2. The van der Waals surface area contributed by atoms with Crippen LogP contribution in [0.5, 0.6) is 0 Å². The van der Waals surface area contributed by atoms with E-state index in [1.807, 2.05) is 19.1 Å². The first-order chi connectivity index (χ1) is 13.7. The van der Waals surface area contributed by atoms with Gasteiger partial charge in [0.15, 0.2) is 5.11 Å². The summed E-state index contributed by atoms with van der Waals surface area (Å²) in [6, 6.07) is 18.9. The summed E-state index contributed by atoms with van der Waals surface area (Å²) < 4.78 is 28.4. The second-order valence-corrected chi connectivity index (χ2v) is 9.61. The van der Waals surface area contributed by atoms with Crippen LogP contribution in [0.25, 0.3) is 0 Å². The number of halogens is 2. The van der Waals surface area contributed by atoms with Crippen LogP contribution < -0.4 is 15.4 Å². The number of anilines is 3. The van der Waals surface area contributed by atoms with Gasteiger partial charge in [-0.05, 0) is 73.7 Å². The third kappa shape index (κ3) is 5.93. The smallest absolute Gasteiger partial charge is 0.261 e. The van der Waals surface area contributed by atoms with Gasteiger partial charge in [0.25, 0.3) is 10.0 Å². The SMILES string of the molecule is Cc1ccc(S(=O)(=O)Nc2ccc(NC(=S)Nc3ccc(Br)cc3Cl)cc2)cc1. The second-order valence-electron chi connectivity index (χ2n) is 6.20. The fourth-order valence-corrected chi connectivity index (χ4v) is 4.44. The molecule has 0 aliphatic heterocycles. The van der Waals surface area contributed by atoms with Gasteiger partial charge in [-0.2, -0.15) is 0 Å². The lowest BCUT2D eigenvalue weighted by Crippen LogP contribution is -2.19. The molecule has 0 saturated heterocycles. The van der Waals surface area contributed by atoms with Crippen LogP contribution in [0.1, 0.15) is 5.56 Å². The third-order valence-corrected chi connectivity index (χ3v) is 6.31. The minimum absolute atomic E-state index is 0.210. The Labute approximate surface area is 188 Å². The summed E-state index contributed by atoms with van der Waals surface area (Å²) in [5.74, 6) is 0. The van der Waals surface area contributed by atoms with Crippen LogP contribution in [-0.2, 0) is 10.0 Å². The van der Waals surface area contributed by atoms with Gasteiger partial charge in [-0.25, -0.2) is 8.42 Å². The first kappa shape index (κ1) is 21.6. The molecule has 0 fully saturated rings. The molecule has 0 unspecified atom stereocenters. The van der Waals surface area contributed by atoms with E-state index in [0.717, 1.165) is 10.0 Å². The number of hydrogen-bond acceptors (Lipinski definition) is 3. The number of rotatable bonds is 5. The van der Waals surface area contributed by atoms with Crippen molar-refractivity contribution < 1.29 is 8.42 Å². The predicted octanol–water partition coefficient (Wildman–Crippen LogP) is 6.02. The molecule has 3 N–H and O–H groups in total. The largest absolute Gasteiger partial charge is 0.332 e. The Kier molecular flexibility index (Phi) is 6.79. The average molecular weight is 511 g/mol. The molecule has 0 aliphatic rings. The quantitative estimate of drug-likeness (QED) is 0.366.